The van der Waals surface area contributed by atoms with Crippen LogP contribution in [0, 0.1) is 20.8 Å². The molecule has 1 aromatic carbocycles. The van der Waals surface area contributed by atoms with E-state index in [1.54, 1.807) is 0 Å². The molecule has 0 aliphatic carbocycles. The molecule has 1 saturated heterocycles. The van der Waals surface area contributed by atoms with E-state index in [2.05, 4.69) is 78.6 Å². The highest BCUT2D eigenvalue weighted by Crippen LogP contribution is 2.35. The fourth-order valence-electron chi connectivity index (χ4n) is 2.53. The number of nitrogens with zero attached hydrogens (tertiary/aromatic N) is 2. The third kappa shape index (κ3) is 2.86. The monoisotopic (exact) mass is 354 g/mol. The van der Waals surface area contributed by atoms with Gasteiger partial charge in [-0.05, 0) is 61.1 Å². The van der Waals surface area contributed by atoms with E-state index >= 15 is 0 Å². The maximum absolute atomic E-state index is 9.36. The van der Waals surface area contributed by atoms with Gasteiger partial charge in [0, 0.05) is 28.1 Å². The number of nitriles is 1. The van der Waals surface area contributed by atoms with Crippen molar-refractivity contribution < 1.29 is 0 Å². The summed E-state index contributed by atoms with van der Waals surface area (Å²) in [6, 6.07) is 11.1. The number of halogens is 1. The highest BCUT2D eigenvalue weighted by Gasteiger charge is 2.38. The molecule has 0 aromatic heterocycles. The third-order valence-electron chi connectivity index (χ3n) is 3.73. The standard InChI is InChI=1S/C15H19IN2/c1-15(2,3)18-9-12(8-17)14(10-18)11-4-6-13(16)7-5-11/h4-7,12,14H,9-10H2,1-3H3/t12-,14+/m1/s1. The lowest BCUT2D eigenvalue weighted by atomic mass is 9.90. The van der Waals surface area contributed by atoms with Crippen molar-refractivity contribution in [3.05, 3.63) is 33.4 Å². The van der Waals surface area contributed by atoms with E-state index in [9.17, 15) is 5.26 Å². The highest BCUT2D eigenvalue weighted by atomic mass is 127. The predicted molar refractivity (Wildman–Crippen MR) is 82.3 cm³/mol. The molecule has 0 saturated carbocycles. The van der Waals surface area contributed by atoms with Gasteiger partial charge in [0.25, 0.3) is 0 Å². The summed E-state index contributed by atoms with van der Waals surface area (Å²) in [6.45, 7) is 8.53. The molecule has 96 valence electrons. The summed E-state index contributed by atoms with van der Waals surface area (Å²) in [4.78, 5) is 2.42. The molecule has 0 N–H and O–H groups in total. The van der Waals surface area contributed by atoms with E-state index in [4.69, 9.17) is 0 Å². The summed E-state index contributed by atoms with van der Waals surface area (Å²) in [5.41, 5.74) is 1.45. The van der Waals surface area contributed by atoms with Crippen LogP contribution in [0.5, 0.6) is 0 Å². The number of benzene rings is 1. The van der Waals surface area contributed by atoms with Crippen molar-refractivity contribution >= 4 is 22.6 Å². The molecule has 0 unspecified atom stereocenters. The fraction of sp³-hybridized carbons (Fsp3) is 0.533. The molecule has 1 aliphatic heterocycles. The van der Waals surface area contributed by atoms with Crippen LogP contribution in [-0.2, 0) is 0 Å². The molecule has 0 spiro atoms. The molecule has 18 heavy (non-hydrogen) atoms. The minimum absolute atomic E-state index is 0.115. The molecule has 2 nitrogen and oxygen atoms in total. The average Bonchev–Trinajstić information content (AvgIpc) is 2.73. The first-order chi connectivity index (χ1) is 8.41. The summed E-state index contributed by atoms with van der Waals surface area (Å²) in [5.74, 6) is 0.468. The SMILES string of the molecule is CC(C)(C)N1C[C@@H](C#N)[C@H](c2ccc(I)cc2)C1. The molecule has 3 heteroatoms. The third-order valence-corrected chi connectivity index (χ3v) is 4.45. The Balaban J connectivity index is 2.23. The Morgan fingerprint density at radius 2 is 1.83 bits per heavy atom. The highest BCUT2D eigenvalue weighted by molar-refractivity contribution is 14.1. The second-order valence-electron chi connectivity index (χ2n) is 5.97. The van der Waals surface area contributed by atoms with Crippen molar-refractivity contribution in [3.8, 4) is 6.07 Å². The van der Waals surface area contributed by atoms with E-state index in [0.29, 0.717) is 5.92 Å². The molecule has 1 aliphatic rings. The van der Waals surface area contributed by atoms with Gasteiger partial charge in [-0.2, -0.15) is 5.26 Å². The Labute approximate surface area is 123 Å². The summed E-state index contributed by atoms with van der Waals surface area (Å²) < 4.78 is 1.25. The molecule has 2 atom stereocenters. The van der Waals surface area contributed by atoms with Crippen molar-refractivity contribution in [2.75, 3.05) is 13.1 Å². The number of rotatable bonds is 1. The van der Waals surface area contributed by atoms with Crippen LogP contribution in [-0.4, -0.2) is 23.5 Å². The fourth-order valence-corrected chi connectivity index (χ4v) is 2.89. The van der Waals surface area contributed by atoms with Crippen LogP contribution in [0.25, 0.3) is 0 Å². The number of likely N-dealkylation sites (tertiary alicyclic amines) is 1. The first kappa shape index (κ1) is 13.8. The average molecular weight is 354 g/mol. The number of hydrogen-bond acceptors (Lipinski definition) is 2. The van der Waals surface area contributed by atoms with Gasteiger partial charge in [0.2, 0.25) is 0 Å². The summed E-state index contributed by atoms with van der Waals surface area (Å²) in [6.07, 6.45) is 0. The minimum Gasteiger partial charge on any atom is -0.297 e. The number of hydrogen-bond donors (Lipinski definition) is 0. The zero-order valence-corrected chi connectivity index (χ0v) is 13.3. The molecule has 1 aromatic rings. The largest absolute Gasteiger partial charge is 0.297 e. The maximum Gasteiger partial charge on any atom is 0.0676 e. The zero-order chi connectivity index (χ0) is 13.3. The van der Waals surface area contributed by atoms with Crippen molar-refractivity contribution in [3.63, 3.8) is 0 Å². The molecular weight excluding hydrogens is 335 g/mol. The van der Waals surface area contributed by atoms with Crippen molar-refractivity contribution in [1.82, 2.24) is 4.90 Å². The Kier molecular flexibility index (Phi) is 3.98. The first-order valence-corrected chi connectivity index (χ1v) is 7.40. The quantitative estimate of drug-likeness (QED) is 0.721. The Morgan fingerprint density at radius 1 is 1.22 bits per heavy atom. The zero-order valence-electron chi connectivity index (χ0n) is 11.2. The van der Waals surface area contributed by atoms with E-state index in [1.807, 2.05) is 0 Å². The Hall–Kier alpha value is -0.600. The predicted octanol–water partition coefficient (Wildman–Crippen LogP) is 3.63. The summed E-state index contributed by atoms with van der Waals surface area (Å²) >= 11 is 2.32. The van der Waals surface area contributed by atoms with Crippen LogP contribution < -0.4 is 0 Å². The van der Waals surface area contributed by atoms with E-state index < -0.39 is 0 Å². The second kappa shape index (κ2) is 5.18. The van der Waals surface area contributed by atoms with Gasteiger partial charge in [0.15, 0.2) is 0 Å². The molecule has 0 amide bonds. The topological polar surface area (TPSA) is 27.0 Å². The van der Waals surface area contributed by atoms with Gasteiger partial charge in [0.05, 0.1) is 12.0 Å². The van der Waals surface area contributed by atoms with Crippen LogP contribution in [0.1, 0.15) is 32.3 Å². The summed E-state index contributed by atoms with van der Waals surface area (Å²) in [7, 11) is 0. The van der Waals surface area contributed by atoms with E-state index in [1.165, 1.54) is 9.13 Å². The second-order valence-corrected chi connectivity index (χ2v) is 7.22. The van der Waals surface area contributed by atoms with Gasteiger partial charge in [-0.25, -0.2) is 0 Å². The van der Waals surface area contributed by atoms with Gasteiger partial charge < -0.3 is 0 Å². The van der Waals surface area contributed by atoms with Crippen LogP contribution in [0.4, 0.5) is 0 Å². The maximum atomic E-state index is 9.36. The molecule has 1 fully saturated rings. The molecule has 0 radical (unpaired) electrons. The lowest BCUT2D eigenvalue weighted by Crippen LogP contribution is -2.39. The molecule has 2 rings (SSSR count). The van der Waals surface area contributed by atoms with Crippen LogP contribution in [0.3, 0.4) is 0 Å². The van der Waals surface area contributed by atoms with Crippen LogP contribution in [0.2, 0.25) is 0 Å². The molecular formula is C15H19IN2. The van der Waals surface area contributed by atoms with Gasteiger partial charge in [-0.1, -0.05) is 12.1 Å². The van der Waals surface area contributed by atoms with Crippen molar-refractivity contribution in [2.24, 2.45) is 5.92 Å². The molecule has 1 heterocycles. The Bertz CT molecular complexity index is 453. The Morgan fingerprint density at radius 3 is 2.33 bits per heavy atom. The smallest absolute Gasteiger partial charge is 0.0676 e. The van der Waals surface area contributed by atoms with Crippen LogP contribution in [0.15, 0.2) is 24.3 Å². The van der Waals surface area contributed by atoms with Gasteiger partial charge in [-0.3, -0.25) is 4.90 Å². The van der Waals surface area contributed by atoms with Crippen molar-refractivity contribution in [2.45, 2.75) is 32.2 Å². The van der Waals surface area contributed by atoms with Crippen LogP contribution >= 0.6 is 22.6 Å². The lowest BCUT2D eigenvalue weighted by molar-refractivity contribution is 0.170. The molecule has 0 bridgehead atoms. The summed E-state index contributed by atoms with van der Waals surface area (Å²) in [5, 5.41) is 9.36. The lowest BCUT2D eigenvalue weighted by Gasteiger charge is -2.31. The first-order valence-electron chi connectivity index (χ1n) is 6.32. The minimum atomic E-state index is 0.115. The van der Waals surface area contributed by atoms with Crippen molar-refractivity contribution in [1.29, 1.82) is 5.26 Å². The van der Waals surface area contributed by atoms with Gasteiger partial charge in [0.1, 0.15) is 0 Å². The van der Waals surface area contributed by atoms with Gasteiger partial charge >= 0.3 is 0 Å². The van der Waals surface area contributed by atoms with E-state index in [0.717, 1.165) is 13.1 Å². The normalized spacial score (nSPS) is 25.1. The van der Waals surface area contributed by atoms with Gasteiger partial charge in [-0.15, -0.1) is 0 Å². The van der Waals surface area contributed by atoms with E-state index in [-0.39, 0.29) is 11.5 Å².